The fraction of sp³-hybridized carbons (Fsp3) is 0.600. The highest BCUT2D eigenvalue weighted by Crippen LogP contribution is 2.45. The fourth-order valence-electron chi connectivity index (χ4n) is 3.41. The molecule has 11 heteroatoms. The summed E-state index contributed by atoms with van der Waals surface area (Å²) in [5.74, 6) is 0.196. The first kappa shape index (κ1) is 21.5. The van der Waals surface area contributed by atoms with Crippen LogP contribution in [0.3, 0.4) is 0 Å². The van der Waals surface area contributed by atoms with Crippen molar-refractivity contribution in [3.8, 4) is 5.75 Å². The van der Waals surface area contributed by atoms with Gasteiger partial charge < -0.3 is 19.3 Å². The molecule has 2 atom stereocenters. The Morgan fingerprint density at radius 2 is 2.06 bits per heavy atom. The smallest absolute Gasteiger partial charge is 0.425 e. The number of halogens is 3. The first-order chi connectivity index (χ1) is 14.6. The lowest BCUT2D eigenvalue weighted by Crippen LogP contribution is -2.51. The second kappa shape index (κ2) is 7.77. The second-order valence-corrected chi connectivity index (χ2v) is 8.41. The van der Waals surface area contributed by atoms with Crippen molar-refractivity contribution >= 4 is 5.91 Å². The van der Waals surface area contributed by atoms with Gasteiger partial charge in [-0.15, -0.1) is 0 Å². The molecule has 1 aliphatic carbocycles. The minimum atomic E-state index is -4.52. The molecule has 1 amide bonds. The minimum Gasteiger partial charge on any atom is -0.481 e. The summed E-state index contributed by atoms with van der Waals surface area (Å²) in [5, 5.41) is 6.75. The normalized spacial score (nSPS) is 19.9. The zero-order valence-electron chi connectivity index (χ0n) is 17.3. The number of aromatic nitrogens is 3. The molecule has 31 heavy (non-hydrogen) atoms. The van der Waals surface area contributed by atoms with E-state index in [1.54, 1.807) is 6.92 Å². The highest BCUT2D eigenvalue weighted by atomic mass is 19.4. The number of ether oxygens (including phenoxy) is 2. The van der Waals surface area contributed by atoms with Crippen molar-refractivity contribution in [2.75, 3.05) is 13.2 Å². The van der Waals surface area contributed by atoms with Gasteiger partial charge in [0, 0.05) is 30.2 Å². The summed E-state index contributed by atoms with van der Waals surface area (Å²) in [7, 11) is 0. The third kappa shape index (κ3) is 4.51. The Kier molecular flexibility index (Phi) is 5.40. The van der Waals surface area contributed by atoms with Crippen molar-refractivity contribution in [2.24, 2.45) is 5.41 Å². The highest BCUT2D eigenvalue weighted by molar-refractivity contribution is 5.93. The van der Waals surface area contributed by atoms with E-state index >= 15 is 0 Å². The van der Waals surface area contributed by atoms with Crippen LogP contribution in [0.2, 0.25) is 0 Å². The summed E-state index contributed by atoms with van der Waals surface area (Å²) in [4.78, 5) is 21.4. The molecule has 1 N–H and O–H groups in total. The molecule has 2 aromatic heterocycles. The summed E-state index contributed by atoms with van der Waals surface area (Å²) in [6, 6.07) is 0.651. The number of pyridine rings is 1. The quantitative estimate of drug-likeness (QED) is 0.704. The lowest BCUT2D eigenvalue weighted by Gasteiger charge is -2.43. The molecule has 168 valence electrons. The Bertz CT molecular complexity index is 970. The Balaban J connectivity index is 1.59. The number of nitrogens with one attached hydrogen (secondary N) is 1. The van der Waals surface area contributed by atoms with Crippen molar-refractivity contribution in [3.05, 3.63) is 35.2 Å². The Labute approximate surface area is 176 Å². The van der Waals surface area contributed by atoms with Gasteiger partial charge in [0.25, 0.3) is 5.91 Å². The van der Waals surface area contributed by atoms with E-state index in [0.717, 1.165) is 19.8 Å². The van der Waals surface area contributed by atoms with Gasteiger partial charge in [0.2, 0.25) is 5.89 Å². The minimum absolute atomic E-state index is 0.0256. The van der Waals surface area contributed by atoms with Crippen LogP contribution in [0.5, 0.6) is 5.75 Å². The Hall–Kier alpha value is -2.69. The van der Waals surface area contributed by atoms with Crippen molar-refractivity contribution in [2.45, 2.75) is 57.9 Å². The molecule has 1 saturated carbocycles. The van der Waals surface area contributed by atoms with Gasteiger partial charge in [0.05, 0.1) is 13.2 Å². The number of alkyl halides is 3. The lowest BCUT2D eigenvalue weighted by atomic mass is 9.79. The van der Waals surface area contributed by atoms with Gasteiger partial charge in [-0.2, -0.15) is 18.2 Å². The van der Waals surface area contributed by atoms with Crippen molar-refractivity contribution in [1.82, 2.24) is 20.4 Å². The van der Waals surface area contributed by atoms with Gasteiger partial charge in [-0.25, -0.2) is 0 Å². The van der Waals surface area contributed by atoms with Gasteiger partial charge >= 0.3 is 6.18 Å². The van der Waals surface area contributed by atoms with E-state index in [9.17, 15) is 18.0 Å². The second-order valence-electron chi connectivity index (χ2n) is 8.41. The topological polar surface area (TPSA) is 99.4 Å². The number of rotatable bonds is 7. The summed E-state index contributed by atoms with van der Waals surface area (Å²) >= 11 is 0. The van der Waals surface area contributed by atoms with Crippen LogP contribution >= 0.6 is 0 Å². The van der Waals surface area contributed by atoms with Crippen molar-refractivity contribution < 1.29 is 32.0 Å². The predicted molar refractivity (Wildman–Crippen MR) is 101 cm³/mol. The van der Waals surface area contributed by atoms with Crippen LogP contribution in [0.25, 0.3) is 0 Å². The molecule has 1 saturated heterocycles. The standard InChI is InChI=1S/C20H23F3N4O4/c1-10(20(21,22)23)30-15-6-14(24-7-13(15)12-4-5-12)18(28)26-16(19(3)8-29-9-19)17-25-11(2)31-27-17/h6-7,10,12,16H,4-5,8-9H2,1-3H3,(H,26,28). The largest absolute Gasteiger partial charge is 0.481 e. The maximum Gasteiger partial charge on any atom is 0.425 e. The van der Waals surface area contributed by atoms with E-state index < -0.39 is 29.6 Å². The molecule has 0 bridgehead atoms. The average molecular weight is 440 g/mol. The van der Waals surface area contributed by atoms with Gasteiger partial charge in [0.1, 0.15) is 17.5 Å². The maximum atomic E-state index is 13.0. The molecule has 2 unspecified atom stereocenters. The Morgan fingerprint density at radius 3 is 2.58 bits per heavy atom. The van der Waals surface area contributed by atoms with E-state index in [4.69, 9.17) is 14.0 Å². The number of hydrogen-bond acceptors (Lipinski definition) is 7. The number of amides is 1. The number of carbonyl (C=O) groups is 1. The number of carbonyl (C=O) groups excluding carboxylic acids is 1. The first-order valence-corrected chi connectivity index (χ1v) is 9.99. The molecule has 8 nitrogen and oxygen atoms in total. The van der Waals surface area contributed by atoms with Gasteiger partial charge in [-0.1, -0.05) is 12.1 Å². The summed E-state index contributed by atoms with van der Waals surface area (Å²) in [6.45, 7) is 5.26. The van der Waals surface area contributed by atoms with Gasteiger partial charge in [0.15, 0.2) is 11.9 Å². The summed E-state index contributed by atoms with van der Waals surface area (Å²) in [5.41, 5.74) is 0.0736. The molecular weight excluding hydrogens is 417 g/mol. The number of nitrogens with zero attached hydrogens (tertiary/aromatic N) is 3. The van der Waals surface area contributed by atoms with Crippen LogP contribution in [0.4, 0.5) is 13.2 Å². The van der Waals surface area contributed by atoms with Crippen LogP contribution in [-0.2, 0) is 4.74 Å². The molecule has 0 radical (unpaired) electrons. The molecule has 2 fully saturated rings. The van der Waals surface area contributed by atoms with Gasteiger partial charge in [-0.3, -0.25) is 9.78 Å². The monoisotopic (exact) mass is 440 g/mol. The van der Waals surface area contributed by atoms with Crippen molar-refractivity contribution in [3.63, 3.8) is 0 Å². The zero-order valence-corrected chi connectivity index (χ0v) is 17.3. The predicted octanol–water partition coefficient (Wildman–Crippen LogP) is 3.49. The van der Waals surface area contributed by atoms with Gasteiger partial charge in [-0.05, 0) is 25.7 Å². The maximum absolute atomic E-state index is 13.0. The van der Waals surface area contributed by atoms with Crippen LogP contribution < -0.4 is 10.1 Å². The summed E-state index contributed by atoms with van der Waals surface area (Å²) in [6.07, 6.45) is -3.41. The van der Waals surface area contributed by atoms with E-state index in [2.05, 4.69) is 20.4 Å². The number of hydrogen-bond donors (Lipinski definition) is 1. The Morgan fingerprint density at radius 1 is 1.35 bits per heavy atom. The molecule has 2 aliphatic rings. The molecule has 3 heterocycles. The van der Waals surface area contributed by atoms with Crippen LogP contribution in [-0.4, -0.2) is 46.5 Å². The summed E-state index contributed by atoms with van der Waals surface area (Å²) < 4.78 is 54.6. The van der Waals surface area contributed by atoms with E-state index in [0.29, 0.717) is 30.5 Å². The first-order valence-electron chi connectivity index (χ1n) is 9.99. The van der Waals surface area contributed by atoms with Crippen molar-refractivity contribution in [1.29, 1.82) is 0 Å². The SMILES string of the molecule is Cc1nc(C(NC(=O)c2cc(OC(C)C(F)(F)F)c(C3CC3)cn2)C2(C)COC2)no1. The molecule has 2 aromatic rings. The molecule has 0 aromatic carbocycles. The molecule has 4 rings (SSSR count). The van der Waals surface area contributed by atoms with Crippen LogP contribution in [0, 0.1) is 12.3 Å². The van der Waals surface area contributed by atoms with Crippen LogP contribution in [0.15, 0.2) is 16.8 Å². The zero-order chi connectivity index (χ0) is 22.4. The van der Waals surface area contributed by atoms with E-state index in [1.165, 1.54) is 12.3 Å². The molecule has 1 aliphatic heterocycles. The molecule has 0 spiro atoms. The average Bonchev–Trinajstić information content (AvgIpc) is 3.44. The fourth-order valence-corrected chi connectivity index (χ4v) is 3.41. The third-order valence-electron chi connectivity index (χ3n) is 5.55. The molecular formula is C20H23F3N4O4. The third-order valence-corrected chi connectivity index (χ3v) is 5.55. The number of aryl methyl sites for hydroxylation is 1. The van der Waals surface area contributed by atoms with E-state index in [-0.39, 0.29) is 17.4 Å². The highest BCUT2D eigenvalue weighted by Gasteiger charge is 2.46. The van der Waals surface area contributed by atoms with Crippen LogP contribution in [0.1, 0.15) is 66.4 Å². The lowest BCUT2D eigenvalue weighted by molar-refractivity contribution is -0.189. The van der Waals surface area contributed by atoms with E-state index in [1.807, 2.05) is 6.92 Å².